The number of fused-ring (bicyclic) bond motifs is 8. The van der Waals surface area contributed by atoms with E-state index >= 15 is 0 Å². The molecule has 5 heterocycles. The third-order valence-corrected chi connectivity index (χ3v) is 21.2. The number of benzene rings is 4. The van der Waals surface area contributed by atoms with E-state index in [4.69, 9.17) is 0 Å². The highest BCUT2D eigenvalue weighted by molar-refractivity contribution is 5.93. The van der Waals surface area contributed by atoms with Gasteiger partial charge in [-0.15, -0.1) is 0 Å². The van der Waals surface area contributed by atoms with Crippen molar-refractivity contribution in [2.24, 2.45) is 0 Å². The van der Waals surface area contributed by atoms with Crippen molar-refractivity contribution in [3.63, 3.8) is 0 Å². The molecule has 76 heavy (non-hydrogen) atoms. The highest BCUT2D eigenvalue weighted by Gasteiger charge is 2.32. The minimum absolute atomic E-state index is 1.16. The van der Waals surface area contributed by atoms with E-state index in [-0.39, 0.29) is 0 Å². The number of aromatic nitrogens is 4. The van der Waals surface area contributed by atoms with E-state index in [0.717, 1.165) is 44.2 Å². The Morgan fingerprint density at radius 1 is 0.132 bits per heavy atom. The first kappa shape index (κ1) is 54.3. The zero-order chi connectivity index (χ0) is 56.2. The van der Waals surface area contributed by atoms with Crippen LogP contribution in [0.1, 0.15) is 201 Å². The predicted octanol–water partition coefficient (Wildman–Crippen LogP) is 14.9. The summed E-state index contributed by atoms with van der Waals surface area (Å²) in [5, 5.41) is 4.64. The molecule has 396 valence electrons. The maximum absolute atomic E-state index is 4.39. The molecule has 9 rings (SSSR count). The third-order valence-electron chi connectivity index (χ3n) is 21.2. The summed E-state index contributed by atoms with van der Waals surface area (Å²) in [6.45, 7) is 65.5. The lowest BCUT2D eigenvalue weighted by molar-refractivity contribution is 1.11. The molecule has 8 aromatic rings. The second kappa shape index (κ2) is 18.6. The van der Waals surface area contributed by atoms with Crippen molar-refractivity contribution in [3.05, 3.63) is 222 Å². The van der Waals surface area contributed by atoms with Crippen LogP contribution in [0.3, 0.4) is 0 Å². The molecule has 0 atom stereocenters. The summed E-state index contributed by atoms with van der Waals surface area (Å²) in [4.78, 5) is 17.5. The largest absolute Gasteiger partial charge is 0.354 e. The van der Waals surface area contributed by atoms with Crippen LogP contribution in [0.4, 0.5) is 0 Å². The fourth-order valence-corrected chi connectivity index (χ4v) is 13.8. The van der Waals surface area contributed by atoms with Crippen molar-refractivity contribution in [2.75, 3.05) is 0 Å². The van der Waals surface area contributed by atoms with Gasteiger partial charge in [0.1, 0.15) is 0 Å². The zero-order valence-corrected chi connectivity index (χ0v) is 52.0. The Kier molecular flexibility index (Phi) is 13.3. The summed E-state index contributed by atoms with van der Waals surface area (Å²) >= 11 is 0. The van der Waals surface area contributed by atoms with E-state index in [0.29, 0.717) is 0 Å². The maximum atomic E-state index is 4.39. The van der Waals surface area contributed by atoms with Crippen LogP contribution in [0.25, 0.3) is 22.3 Å². The van der Waals surface area contributed by atoms with Gasteiger partial charge < -0.3 is 19.9 Å². The van der Waals surface area contributed by atoms with Crippen LogP contribution < -0.4 is 21.4 Å². The lowest BCUT2D eigenvalue weighted by Crippen LogP contribution is -2.23. The van der Waals surface area contributed by atoms with Crippen molar-refractivity contribution in [1.82, 2.24) is 19.9 Å². The molecule has 0 saturated carbocycles. The Morgan fingerprint density at radius 3 is 0.408 bits per heavy atom. The van der Waals surface area contributed by atoms with Gasteiger partial charge in [0.15, 0.2) is 0 Å². The van der Waals surface area contributed by atoms with E-state index in [1.165, 1.54) is 200 Å². The third kappa shape index (κ3) is 7.35. The number of hydrogen-bond donors (Lipinski definition) is 4. The first-order chi connectivity index (χ1) is 35.4. The molecule has 4 N–H and O–H groups in total. The fraction of sp³-hybridized carbons (Fsp3) is 0.389. The highest BCUT2D eigenvalue weighted by Crippen LogP contribution is 2.43. The Hall–Kier alpha value is -6.52. The molecule has 0 fully saturated rings. The molecule has 0 spiro atoms. The second-order valence-electron chi connectivity index (χ2n) is 24.0. The summed E-state index contributed by atoms with van der Waals surface area (Å²) in [7, 11) is 0. The van der Waals surface area contributed by atoms with Crippen LogP contribution in [0.5, 0.6) is 0 Å². The van der Waals surface area contributed by atoms with Crippen LogP contribution in [0, 0.1) is 194 Å². The highest BCUT2D eigenvalue weighted by atomic mass is 14.8. The smallest absolute Gasteiger partial charge is 0.0518 e. The van der Waals surface area contributed by atoms with Gasteiger partial charge in [-0.3, -0.25) is 0 Å². The Morgan fingerprint density at radius 2 is 0.263 bits per heavy atom. The molecule has 4 aromatic carbocycles. The molecular formula is C72H88N4. The minimum Gasteiger partial charge on any atom is -0.354 e. The lowest BCUT2D eigenvalue weighted by atomic mass is 9.83. The number of hydrogen-bond acceptors (Lipinski definition) is 0. The Labute approximate surface area is 456 Å². The predicted molar refractivity (Wildman–Crippen MR) is 327 cm³/mol. The van der Waals surface area contributed by atoms with E-state index in [1.807, 2.05) is 0 Å². The normalized spacial score (nSPS) is 12.9. The average molecular weight is 1010 g/mol. The maximum Gasteiger partial charge on any atom is 0.0518 e. The van der Waals surface area contributed by atoms with Gasteiger partial charge in [0.2, 0.25) is 0 Å². The lowest BCUT2D eigenvalue weighted by Gasteiger charge is -2.22. The fourth-order valence-electron chi connectivity index (χ4n) is 13.8. The monoisotopic (exact) mass is 1010 g/mol. The van der Waals surface area contributed by atoms with Crippen LogP contribution in [-0.4, -0.2) is 19.9 Å². The number of nitrogens with one attached hydrogen (secondary N) is 4. The molecule has 0 unspecified atom stereocenters. The van der Waals surface area contributed by atoms with Gasteiger partial charge in [0, 0.05) is 22.3 Å². The summed E-state index contributed by atoms with van der Waals surface area (Å²) in [6.07, 6.45) is 0. The molecule has 1 aliphatic heterocycles. The molecular weight excluding hydrogens is 921 g/mol. The van der Waals surface area contributed by atoms with Gasteiger partial charge >= 0.3 is 0 Å². The second-order valence-corrected chi connectivity index (χ2v) is 24.0. The van der Waals surface area contributed by atoms with Crippen LogP contribution in [0.2, 0.25) is 0 Å². The minimum atomic E-state index is 1.16. The van der Waals surface area contributed by atoms with E-state index in [2.05, 4.69) is 214 Å². The Bertz CT molecular complexity index is 3550. The van der Waals surface area contributed by atoms with E-state index in [9.17, 15) is 0 Å². The average Bonchev–Trinajstić information content (AvgIpc) is 4.06. The number of aromatic amines is 4. The van der Waals surface area contributed by atoms with Crippen molar-refractivity contribution in [1.29, 1.82) is 0 Å². The molecule has 8 bridgehead atoms. The molecule has 4 heteroatoms. The van der Waals surface area contributed by atoms with Gasteiger partial charge in [-0.05, 0) is 372 Å². The number of H-pyrrole nitrogens is 4. The van der Waals surface area contributed by atoms with Crippen molar-refractivity contribution >= 4 is 22.3 Å². The summed E-state index contributed by atoms with van der Waals surface area (Å²) in [5.74, 6) is 0. The van der Waals surface area contributed by atoms with Crippen LogP contribution >= 0.6 is 0 Å². The van der Waals surface area contributed by atoms with E-state index < -0.39 is 0 Å². The molecule has 4 nitrogen and oxygen atoms in total. The molecule has 1 aliphatic rings. The van der Waals surface area contributed by atoms with Crippen molar-refractivity contribution in [2.45, 2.75) is 194 Å². The van der Waals surface area contributed by atoms with Gasteiger partial charge in [-0.1, -0.05) is 0 Å². The van der Waals surface area contributed by atoms with Crippen LogP contribution in [0.15, 0.2) is 0 Å². The topological polar surface area (TPSA) is 63.2 Å². The van der Waals surface area contributed by atoms with E-state index in [1.54, 1.807) is 0 Å². The van der Waals surface area contributed by atoms with Crippen molar-refractivity contribution in [3.8, 4) is 0 Å². The van der Waals surface area contributed by atoms with Gasteiger partial charge in [0.25, 0.3) is 0 Å². The number of rotatable bonds is 4. The van der Waals surface area contributed by atoms with Crippen LogP contribution in [-0.2, 0) is 0 Å². The van der Waals surface area contributed by atoms with Gasteiger partial charge in [-0.2, -0.15) is 0 Å². The SMILES string of the molecule is Cc1c2[nH]c(c1C)C(c1c(C)c(C)c(C)c(C)c1C)=c1[nH]c(c(C)c1C)=C(c1c(C)c(C)c(C)c(C)c1C)c1[nH]c(c(C)c1C)C(c1c(C)c(C)c(C)c(C)c1C)=c1[nH]c(c(C)c1C)=C2c1c(C)c(C)c(C)c(C)c1C. The zero-order valence-electron chi connectivity index (χ0n) is 52.0. The summed E-state index contributed by atoms with van der Waals surface area (Å²) in [6, 6.07) is 0. The molecule has 0 amide bonds. The molecule has 0 saturated heterocycles. The molecule has 4 aromatic heterocycles. The molecule has 0 radical (unpaired) electrons. The van der Waals surface area contributed by atoms with Crippen molar-refractivity contribution < 1.29 is 0 Å². The quantitative estimate of drug-likeness (QED) is 0.136. The summed E-state index contributed by atoms with van der Waals surface area (Å²) in [5.41, 5.74) is 51.7. The van der Waals surface area contributed by atoms with Gasteiger partial charge in [-0.25, -0.2) is 0 Å². The Balaban J connectivity index is 1.71. The molecule has 0 aliphatic carbocycles. The first-order valence-corrected chi connectivity index (χ1v) is 28.0. The van der Waals surface area contributed by atoms with Gasteiger partial charge in [0.05, 0.1) is 44.2 Å². The summed E-state index contributed by atoms with van der Waals surface area (Å²) < 4.78 is 0. The standard InChI is InChI=1S/C72H88N4/c1-29-33(5)41(13)57(42(14)34(29)6)61-65-49(21)51(23)67(73-65)62(58-43(15)35(7)30(2)36(8)44(58)16)69-53(25)55(27)71(75-69)64(60-47(19)39(11)32(4)40(12)48(60)20)72-56(28)54(26)70(76-72)63(68-52(24)50(22)66(61)74-68)59-45(17)37(9)31(3)38(10)46(59)18/h73-76H,1-28H3. The first-order valence-electron chi connectivity index (χ1n) is 28.0.